The van der Waals surface area contributed by atoms with Crippen LogP contribution in [0.25, 0.3) is 0 Å². The third-order valence-electron chi connectivity index (χ3n) is 2.16. The van der Waals surface area contributed by atoms with Gasteiger partial charge in [-0.2, -0.15) is 11.3 Å². The molecule has 0 radical (unpaired) electrons. The van der Waals surface area contributed by atoms with Gasteiger partial charge >= 0.3 is 5.97 Å². The zero-order valence-corrected chi connectivity index (χ0v) is 9.55. The topological polar surface area (TPSA) is 49.3 Å². The van der Waals surface area contributed by atoms with Gasteiger partial charge in [0.1, 0.15) is 0 Å². The van der Waals surface area contributed by atoms with Crippen molar-refractivity contribution in [3.63, 3.8) is 0 Å². The number of carboxylic acids is 1. The van der Waals surface area contributed by atoms with Crippen molar-refractivity contribution < 1.29 is 9.90 Å². The standard InChI is InChI=1S/C11H17NO2S/c13-11(14)3-1-2-6-12-7-4-10-5-8-15-9-10/h5,8-9,12H,1-4,6-7H2,(H,13,14). The Hall–Kier alpha value is -0.870. The second kappa shape index (κ2) is 7.43. The highest BCUT2D eigenvalue weighted by molar-refractivity contribution is 7.07. The Morgan fingerprint density at radius 3 is 2.93 bits per heavy atom. The number of nitrogens with one attached hydrogen (secondary N) is 1. The number of hydrogen-bond acceptors (Lipinski definition) is 3. The van der Waals surface area contributed by atoms with E-state index < -0.39 is 5.97 Å². The lowest BCUT2D eigenvalue weighted by Crippen LogP contribution is -2.18. The summed E-state index contributed by atoms with van der Waals surface area (Å²) >= 11 is 1.72. The van der Waals surface area contributed by atoms with Gasteiger partial charge in [-0.3, -0.25) is 4.79 Å². The second-order valence-electron chi connectivity index (χ2n) is 3.48. The maximum atomic E-state index is 10.2. The number of hydrogen-bond donors (Lipinski definition) is 2. The van der Waals surface area contributed by atoms with Crippen molar-refractivity contribution >= 4 is 17.3 Å². The van der Waals surface area contributed by atoms with Gasteiger partial charge in [-0.25, -0.2) is 0 Å². The van der Waals surface area contributed by atoms with Crippen LogP contribution in [-0.4, -0.2) is 24.2 Å². The average Bonchev–Trinajstić information content (AvgIpc) is 2.68. The van der Waals surface area contributed by atoms with Crippen molar-refractivity contribution in [1.82, 2.24) is 5.32 Å². The number of unbranched alkanes of at least 4 members (excludes halogenated alkanes) is 1. The number of carbonyl (C=O) groups is 1. The number of rotatable bonds is 8. The molecule has 4 heteroatoms. The molecule has 0 saturated heterocycles. The summed E-state index contributed by atoms with van der Waals surface area (Å²) in [6.45, 7) is 1.89. The first-order valence-corrected chi connectivity index (χ1v) is 6.17. The normalized spacial score (nSPS) is 10.4. The van der Waals surface area contributed by atoms with Crippen LogP contribution in [0.1, 0.15) is 24.8 Å². The summed E-state index contributed by atoms with van der Waals surface area (Å²) in [6.07, 6.45) is 3.05. The summed E-state index contributed by atoms with van der Waals surface area (Å²) in [5, 5.41) is 16.0. The molecule has 0 bridgehead atoms. The molecule has 3 nitrogen and oxygen atoms in total. The molecule has 0 amide bonds. The largest absolute Gasteiger partial charge is 0.481 e. The fourth-order valence-corrected chi connectivity index (χ4v) is 2.02. The summed E-state index contributed by atoms with van der Waals surface area (Å²) in [5.41, 5.74) is 1.37. The lowest BCUT2D eigenvalue weighted by molar-refractivity contribution is -0.137. The first kappa shape index (κ1) is 12.2. The minimum absolute atomic E-state index is 0.284. The molecule has 1 aromatic heterocycles. The molecule has 0 aromatic carbocycles. The maximum absolute atomic E-state index is 10.2. The predicted octanol–water partition coefficient (Wildman–Crippen LogP) is 2.14. The molecular formula is C11H17NO2S. The minimum atomic E-state index is -0.701. The Bertz CT molecular complexity index is 272. The second-order valence-corrected chi connectivity index (χ2v) is 4.26. The molecule has 0 aliphatic rings. The van der Waals surface area contributed by atoms with Gasteiger partial charge in [-0.05, 0) is 54.7 Å². The molecule has 1 heterocycles. The van der Waals surface area contributed by atoms with Gasteiger partial charge < -0.3 is 10.4 Å². The average molecular weight is 227 g/mol. The maximum Gasteiger partial charge on any atom is 0.303 e. The molecule has 1 rings (SSSR count). The molecule has 0 saturated carbocycles. The highest BCUT2D eigenvalue weighted by Gasteiger charge is 1.96. The lowest BCUT2D eigenvalue weighted by Gasteiger charge is -2.02. The Morgan fingerprint density at radius 1 is 1.40 bits per heavy atom. The number of aliphatic carboxylic acids is 1. The van der Waals surface area contributed by atoms with Crippen LogP contribution in [0.4, 0.5) is 0 Å². The Balaban J connectivity index is 1.87. The van der Waals surface area contributed by atoms with Gasteiger partial charge in [0.2, 0.25) is 0 Å². The Morgan fingerprint density at radius 2 is 2.27 bits per heavy atom. The van der Waals surface area contributed by atoms with E-state index in [1.807, 2.05) is 0 Å². The van der Waals surface area contributed by atoms with Crippen molar-refractivity contribution in [2.24, 2.45) is 0 Å². The smallest absolute Gasteiger partial charge is 0.303 e. The number of carboxylic acid groups (broad SMARTS) is 1. The van der Waals surface area contributed by atoms with E-state index in [9.17, 15) is 4.79 Å². The van der Waals surface area contributed by atoms with Crippen molar-refractivity contribution in [3.05, 3.63) is 22.4 Å². The van der Waals surface area contributed by atoms with E-state index in [2.05, 4.69) is 22.1 Å². The van der Waals surface area contributed by atoms with Gasteiger partial charge in [0.05, 0.1) is 0 Å². The molecule has 0 atom stereocenters. The first-order valence-electron chi connectivity index (χ1n) is 5.22. The van der Waals surface area contributed by atoms with Crippen molar-refractivity contribution in [2.45, 2.75) is 25.7 Å². The molecule has 0 unspecified atom stereocenters. The molecule has 1 aromatic rings. The van der Waals surface area contributed by atoms with Gasteiger partial charge in [-0.1, -0.05) is 0 Å². The van der Waals surface area contributed by atoms with E-state index in [0.717, 1.165) is 32.4 Å². The van der Waals surface area contributed by atoms with E-state index in [0.29, 0.717) is 0 Å². The van der Waals surface area contributed by atoms with Crippen LogP contribution in [0.3, 0.4) is 0 Å². The third-order valence-corrected chi connectivity index (χ3v) is 2.90. The lowest BCUT2D eigenvalue weighted by atomic mass is 10.2. The highest BCUT2D eigenvalue weighted by Crippen LogP contribution is 2.05. The number of thiophene rings is 1. The van der Waals surface area contributed by atoms with E-state index in [1.165, 1.54) is 5.56 Å². The van der Waals surface area contributed by atoms with E-state index in [4.69, 9.17) is 5.11 Å². The summed E-state index contributed by atoms with van der Waals surface area (Å²) in [5.74, 6) is -0.701. The predicted molar refractivity (Wildman–Crippen MR) is 62.4 cm³/mol. The van der Waals surface area contributed by atoms with Crippen LogP contribution in [0, 0.1) is 0 Å². The quantitative estimate of drug-likeness (QED) is 0.669. The molecule has 0 spiro atoms. The molecule has 0 fully saturated rings. The third kappa shape index (κ3) is 6.25. The summed E-state index contributed by atoms with van der Waals surface area (Å²) < 4.78 is 0. The van der Waals surface area contributed by atoms with E-state index in [-0.39, 0.29) is 6.42 Å². The van der Waals surface area contributed by atoms with Crippen molar-refractivity contribution in [1.29, 1.82) is 0 Å². The van der Waals surface area contributed by atoms with E-state index >= 15 is 0 Å². The van der Waals surface area contributed by atoms with Crippen LogP contribution >= 0.6 is 11.3 Å². The van der Waals surface area contributed by atoms with Gasteiger partial charge in [0.25, 0.3) is 0 Å². The molecule has 2 N–H and O–H groups in total. The van der Waals surface area contributed by atoms with Crippen LogP contribution in [0.2, 0.25) is 0 Å². The minimum Gasteiger partial charge on any atom is -0.481 e. The van der Waals surface area contributed by atoms with Crippen LogP contribution < -0.4 is 5.32 Å². The zero-order valence-electron chi connectivity index (χ0n) is 8.74. The molecule has 84 valence electrons. The summed E-state index contributed by atoms with van der Waals surface area (Å²) in [6, 6.07) is 2.14. The molecular weight excluding hydrogens is 210 g/mol. The summed E-state index contributed by atoms with van der Waals surface area (Å²) in [4.78, 5) is 10.2. The highest BCUT2D eigenvalue weighted by atomic mass is 32.1. The zero-order chi connectivity index (χ0) is 10.9. The van der Waals surface area contributed by atoms with Crippen LogP contribution in [0.5, 0.6) is 0 Å². The van der Waals surface area contributed by atoms with E-state index in [1.54, 1.807) is 11.3 Å². The fraction of sp³-hybridized carbons (Fsp3) is 0.545. The Labute approximate surface area is 94.1 Å². The molecule has 15 heavy (non-hydrogen) atoms. The fourth-order valence-electron chi connectivity index (χ4n) is 1.32. The van der Waals surface area contributed by atoms with Gasteiger partial charge in [-0.15, -0.1) is 0 Å². The van der Waals surface area contributed by atoms with Gasteiger partial charge in [0.15, 0.2) is 0 Å². The monoisotopic (exact) mass is 227 g/mol. The molecule has 0 aliphatic heterocycles. The van der Waals surface area contributed by atoms with Crippen LogP contribution in [0.15, 0.2) is 16.8 Å². The van der Waals surface area contributed by atoms with Crippen molar-refractivity contribution in [3.8, 4) is 0 Å². The summed E-state index contributed by atoms with van der Waals surface area (Å²) in [7, 11) is 0. The van der Waals surface area contributed by atoms with Gasteiger partial charge in [0, 0.05) is 6.42 Å². The first-order chi connectivity index (χ1) is 7.29. The Kier molecular flexibility index (Phi) is 6.04. The van der Waals surface area contributed by atoms with Crippen LogP contribution in [-0.2, 0) is 11.2 Å². The van der Waals surface area contributed by atoms with Crippen molar-refractivity contribution in [2.75, 3.05) is 13.1 Å². The molecule has 0 aliphatic carbocycles. The SMILES string of the molecule is O=C(O)CCCCNCCc1ccsc1.